The minimum atomic E-state index is -1.34. The fourth-order valence-corrected chi connectivity index (χ4v) is 3.57. The fourth-order valence-electron chi connectivity index (χ4n) is 3.57. The molecule has 1 aliphatic rings. The van der Waals surface area contributed by atoms with Crippen LogP contribution in [0.4, 0.5) is 9.18 Å². The maximum Gasteiger partial charge on any atom is 0.325 e. The van der Waals surface area contributed by atoms with E-state index in [4.69, 9.17) is 0 Å². The van der Waals surface area contributed by atoms with Gasteiger partial charge in [0.15, 0.2) is 0 Å². The first-order valence-corrected chi connectivity index (χ1v) is 10.1. The average Bonchev–Trinajstić information content (AvgIpc) is 2.96. The lowest BCUT2D eigenvalue weighted by Gasteiger charge is -2.25. The minimum absolute atomic E-state index is 0.0546. The maximum absolute atomic E-state index is 13.2. The quantitative estimate of drug-likeness (QED) is 0.632. The Morgan fingerprint density at radius 1 is 1.13 bits per heavy atom. The molecule has 1 heterocycles. The van der Waals surface area contributed by atoms with Gasteiger partial charge in [-0.3, -0.25) is 14.5 Å². The number of halogens is 1. The van der Waals surface area contributed by atoms with Crippen LogP contribution in [-0.2, 0) is 21.5 Å². The Hall–Kier alpha value is -3.26. The number of nitrogens with zero attached hydrogens (tertiary/aromatic N) is 2. The van der Waals surface area contributed by atoms with Gasteiger partial charge in [-0.1, -0.05) is 42.5 Å². The third-order valence-corrected chi connectivity index (χ3v) is 5.58. The van der Waals surface area contributed by atoms with Crippen LogP contribution in [0, 0.1) is 5.82 Å². The highest BCUT2D eigenvalue weighted by atomic mass is 19.1. The van der Waals surface area contributed by atoms with E-state index in [-0.39, 0.29) is 12.6 Å². The molecule has 2 aromatic carbocycles. The van der Waals surface area contributed by atoms with Gasteiger partial charge < -0.3 is 15.5 Å². The molecule has 0 aromatic heterocycles. The first-order valence-electron chi connectivity index (χ1n) is 10.1. The Labute approximate surface area is 181 Å². The summed E-state index contributed by atoms with van der Waals surface area (Å²) in [4.78, 5) is 40.7. The second-order valence-corrected chi connectivity index (χ2v) is 8.06. The molecule has 2 aromatic rings. The van der Waals surface area contributed by atoms with Crippen LogP contribution in [0.15, 0.2) is 54.6 Å². The molecular formula is C23H27FN4O3. The van der Waals surface area contributed by atoms with Crippen molar-refractivity contribution in [1.29, 1.82) is 0 Å². The van der Waals surface area contributed by atoms with Crippen molar-refractivity contribution in [3.63, 3.8) is 0 Å². The molecule has 2 N–H and O–H groups in total. The topological polar surface area (TPSA) is 81.8 Å². The van der Waals surface area contributed by atoms with Crippen LogP contribution in [0.3, 0.4) is 0 Å². The van der Waals surface area contributed by atoms with Crippen molar-refractivity contribution in [2.45, 2.75) is 24.9 Å². The van der Waals surface area contributed by atoms with Gasteiger partial charge in [0.2, 0.25) is 5.91 Å². The number of hydrogen-bond donors (Lipinski definition) is 2. The summed E-state index contributed by atoms with van der Waals surface area (Å²) >= 11 is 0. The second kappa shape index (κ2) is 9.26. The Bertz CT molecular complexity index is 949. The summed E-state index contributed by atoms with van der Waals surface area (Å²) in [5, 5.41) is 5.44. The molecule has 8 heteroatoms. The van der Waals surface area contributed by atoms with Crippen LogP contribution in [0.1, 0.15) is 18.1 Å². The smallest absolute Gasteiger partial charge is 0.325 e. The predicted octanol–water partition coefficient (Wildman–Crippen LogP) is 1.88. The molecule has 7 nitrogen and oxygen atoms in total. The number of urea groups is 1. The highest BCUT2D eigenvalue weighted by molar-refractivity contribution is 6.09. The van der Waals surface area contributed by atoms with Crippen molar-refractivity contribution >= 4 is 17.8 Å². The van der Waals surface area contributed by atoms with Crippen molar-refractivity contribution in [2.75, 3.05) is 27.2 Å². The van der Waals surface area contributed by atoms with Gasteiger partial charge in [-0.25, -0.2) is 9.18 Å². The molecule has 2 unspecified atom stereocenters. The molecule has 3 rings (SSSR count). The number of nitrogens with one attached hydrogen (secondary N) is 2. The maximum atomic E-state index is 13.2. The van der Waals surface area contributed by atoms with Crippen LogP contribution in [0.5, 0.6) is 0 Å². The van der Waals surface area contributed by atoms with Gasteiger partial charge in [-0.15, -0.1) is 0 Å². The first-order chi connectivity index (χ1) is 14.7. The van der Waals surface area contributed by atoms with Crippen molar-refractivity contribution < 1.29 is 18.8 Å². The number of imide groups is 1. The Morgan fingerprint density at radius 2 is 1.77 bits per heavy atom. The molecule has 0 aliphatic carbocycles. The average molecular weight is 426 g/mol. The van der Waals surface area contributed by atoms with Crippen LogP contribution in [-0.4, -0.2) is 60.9 Å². The highest BCUT2D eigenvalue weighted by Crippen LogP contribution is 2.28. The summed E-state index contributed by atoms with van der Waals surface area (Å²) in [6.45, 7) is 1.53. The third-order valence-electron chi connectivity index (χ3n) is 5.58. The molecule has 164 valence electrons. The van der Waals surface area contributed by atoms with Gasteiger partial charge >= 0.3 is 6.03 Å². The Kier molecular flexibility index (Phi) is 6.70. The predicted molar refractivity (Wildman–Crippen MR) is 115 cm³/mol. The molecule has 31 heavy (non-hydrogen) atoms. The minimum Gasteiger partial charge on any atom is -0.353 e. The fraction of sp³-hybridized carbons (Fsp3) is 0.348. The van der Waals surface area contributed by atoms with E-state index >= 15 is 0 Å². The lowest BCUT2D eigenvalue weighted by atomic mass is 9.92. The van der Waals surface area contributed by atoms with E-state index in [0.717, 1.165) is 16.9 Å². The second-order valence-electron chi connectivity index (χ2n) is 8.06. The van der Waals surface area contributed by atoms with Crippen LogP contribution >= 0.6 is 0 Å². The largest absolute Gasteiger partial charge is 0.353 e. The van der Waals surface area contributed by atoms with Crippen LogP contribution in [0.2, 0.25) is 0 Å². The number of carbonyl (C=O) groups is 3. The molecule has 1 aliphatic heterocycles. The standard InChI is InChI=1S/C23H27FN4O3/c1-23(17-9-11-18(24)12-10-17)21(30)28(22(31)26-23)15-20(29)25-14-19(27(2)3)13-16-7-5-4-6-8-16/h4-12,19H,13-15H2,1-3H3,(H,25,29)(H,26,31). The zero-order chi connectivity index (χ0) is 22.6. The van der Waals surface area contributed by atoms with E-state index in [1.807, 2.05) is 49.3 Å². The lowest BCUT2D eigenvalue weighted by molar-refractivity contribution is -0.134. The van der Waals surface area contributed by atoms with E-state index in [2.05, 4.69) is 10.6 Å². The number of rotatable bonds is 8. The summed E-state index contributed by atoms with van der Waals surface area (Å²) in [5.41, 5.74) is 0.259. The summed E-state index contributed by atoms with van der Waals surface area (Å²) in [6, 6.07) is 14.7. The van der Waals surface area contributed by atoms with E-state index < -0.39 is 29.2 Å². The Morgan fingerprint density at radius 3 is 2.39 bits per heavy atom. The molecule has 1 fully saturated rings. The van der Waals surface area contributed by atoms with Crippen molar-refractivity contribution in [3.05, 3.63) is 71.5 Å². The van der Waals surface area contributed by atoms with E-state index in [0.29, 0.717) is 12.1 Å². The van der Waals surface area contributed by atoms with E-state index in [9.17, 15) is 18.8 Å². The van der Waals surface area contributed by atoms with Crippen molar-refractivity contribution in [2.24, 2.45) is 0 Å². The van der Waals surface area contributed by atoms with E-state index in [1.165, 1.54) is 24.3 Å². The van der Waals surface area contributed by atoms with Gasteiger partial charge in [-0.2, -0.15) is 0 Å². The molecule has 0 saturated carbocycles. The molecule has 0 radical (unpaired) electrons. The first kappa shape index (κ1) is 22.4. The van der Waals surface area contributed by atoms with E-state index in [1.54, 1.807) is 6.92 Å². The van der Waals surface area contributed by atoms with Crippen molar-refractivity contribution in [1.82, 2.24) is 20.4 Å². The molecule has 1 saturated heterocycles. The van der Waals surface area contributed by atoms with Gasteiger partial charge in [0.05, 0.1) is 0 Å². The number of benzene rings is 2. The molecule has 4 amide bonds. The highest BCUT2D eigenvalue weighted by Gasteiger charge is 2.49. The SMILES string of the molecule is CN(C)C(CNC(=O)CN1C(=O)NC(C)(c2ccc(F)cc2)C1=O)Cc1ccccc1. The molecule has 0 bridgehead atoms. The Balaban J connectivity index is 1.61. The lowest BCUT2D eigenvalue weighted by Crippen LogP contribution is -2.46. The summed E-state index contributed by atoms with van der Waals surface area (Å²) in [6.07, 6.45) is 0.750. The number of likely N-dealkylation sites (N-methyl/N-ethyl adjacent to an activating group) is 1. The molecular weight excluding hydrogens is 399 g/mol. The zero-order valence-corrected chi connectivity index (χ0v) is 17.9. The normalized spacial score (nSPS) is 19.5. The van der Waals surface area contributed by atoms with Crippen LogP contribution in [0.25, 0.3) is 0 Å². The van der Waals surface area contributed by atoms with Gasteiger partial charge in [0.25, 0.3) is 5.91 Å². The molecule has 2 atom stereocenters. The summed E-state index contributed by atoms with van der Waals surface area (Å²) in [7, 11) is 3.87. The summed E-state index contributed by atoms with van der Waals surface area (Å²) in [5.74, 6) is -1.41. The zero-order valence-electron chi connectivity index (χ0n) is 17.9. The number of carbonyl (C=O) groups excluding carboxylic acids is 3. The van der Waals surface area contributed by atoms with Crippen LogP contribution < -0.4 is 10.6 Å². The summed E-state index contributed by atoms with van der Waals surface area (Å²) < 4.78 is 13.2. The third kappa shape index (κ3) is 5.08. The monoisotopic (exact) mass is 426 g/mol. The van der Waals surface area contributed by atoms with Gasteiger partial charge in [-0.05, 0) is 50.7 Å². The number of hydrogen-bond acceptors (Lipinski definition) is 4. The number of amides is 4. The molecule has 0 spiro atoms. The van der Waals surface area contributed by atoms with Crippen molar-refractivity contribution in [3.8, 4) is 0 Å². The van der Waals surface area contributed by atoms with Gasteiger partial charge in [0, 0.05) is 12.6 Å². The van der Waals surface area contributed by atoms with Gasteiger partial charge in [0.1, 0.15) is 17.9 Å².